The first kappa shape index (κ1) is 20.2. The van der Waals surface area contributed by atoms with Gasteiger partial charge in [-0.15, -0.1) is 0 Å². The SMILES string of the molecule is CSc1c(-c2ccc(Cl)cc2)sc(N2CCCCC2)[n+]1-c1ccc([N+](=O)[O-])cc1. The van der Waals surface area contributed by atoms with Crippen LogP contribution >= 0.6 is 34.7 Å². The number of benzene rings is 2. The molecule has 4 rings (SSSR count). The van der Waals surface area contributed by atoms with Crippen molar-refractivity contribution in [2.75, 3.05) is 24.2 Å². The van der Waals surface area contributed by atoms with Gasteiger partial charge in [0.2, 0.25) is 0 Å². The number of nitro benzene ring substituents is 1. The summed E-state index contributed by atoms with van der Waals surface area (Å²) in [7, 11) is 0. The molecule has 0 atom stereocenters. The van der Waals surface area contributed by atoms with Crippen molar-refractivity contribution in [2.45, 2.75) is 24.3 Å². The van der Waals surface area contributed by atoms with Crippen molar-refractivity contribution in [3.05, 3.63) is 63.7 Å². The van der Waals surface area contributed by atoms with Crippen molar-refractivity contribution >= 4 is 45.5 Å². The lowest BCUT2D eigenvalue weighted by Crippen LogP contribution is -2.41. The molecule has 3 aromatic rings. The first-order valence-electron chi connectivity index (χ1n) is 9.47. The van der Waals surface area contributed by atoms with Crippen LogP contribution in [0.5, 0.6) is 0 Å². The third-order valence-electron chi connectivity index (χ3n) is 5.03. The summed E-state index contributed by atoms with van der Waals surface area (Å²) >= 11 is 9.56. The Morgan fingerprint density at radius 3 is 2.31 bits per heavy atom. The number of piperidine rings is 1. The second-order valence-corrected chi connectivity index (χ2v) is 9.10. The smallest absolute Gasteiger partial charge is 0.258 e. The average Bonchev–Trinajstić information content (AvgIpc) is 3.14. The van der Waals surface area contributed by atoms with Gasteiger partial charge in [0.15, 0.2) is 5.03 Å². The second kappa shape index (κ2) is 8.73. The zero-order chi connectivity index (χ0) is 20.4. The van der Waals surface area contributed by atoms with Crippen LogP contribution in [0.15, 0.2) is 53.6 Å². The molecule has 8 heteroatoms. The van der Waals surface area contributed by atoms with Crippen molar-refractivity contribution < 1.29 is 9.49 Å². The number of rotatable bonds is 5. The van der Waals surface area contributed by atoms with Crippen molar-refractivity contribution in [1.82, 2.24) is 0 Å². The standard InChI is InChI=1S/C21H21ClN3O2S2/c1-28-20-19(15-5-7-16(22)8-6-15)29-21(23-13-3-2-4-14-23)24(20)17-9-11-18(12-10-17)25(26)27/h5-12H,2-4,13-14H2,1H3/q+1. The molecule has 5 nitrogen and oxygen atoms in total. The van der Waals surface area contributed by atoms with Gasteiger partial charge in [-0.1, -0.05) is 35.5 Å². The van der Waals surface area contributed by atoms with Crippen LogP contribution in [0, 0.1) is 10.1 Å². The molecule has 1 fully saturated rings. The van der Waals surface area contributed by atoms with Gasteiger partial charge in [0.25, 0.3) is 5.69 Å². The Bertz CT molecular complexity index is 1010. The van der Waals surface area contributed by atoms with E-state index in [1.165, 1.54) is 29.3 Å². The van der Waals surface area contributed by atoms with E-state index in [2.05, 4.69) is 15.7 Å². The van der Waals surface area contributed by atoms with E-state index in [-0.39, 0.29) is 10.6 Å². The number of aromatic nitrogens is 1. The van der Waals surface area contributed by atoms with Crippen LogP contribution in [-0.4, -0.2) is 24.3 Å². The third-order valence-corrected chi connectivity index (χ3v) is 7.44. The molecule has 0 aliphatic carbocycles. The Labute approximate surface area is 183 Å². The van der Waals surface area contributed by atoms with E-state index in [1.54, 1.807) is 35.2 Å². The van der Waals surface area contributed by atoms with E-state index in [0.29, 0.717) is 0 Å². The first-order chi connectivity index (χ1) is 14.1. The highest BCUT2D eigenvalue weighted by Crippen LogP contribution is 2.40. The molecule has 0 bridgehead atoms. The monoisotopic (exact) mass is 446 g/mol. The minimum absolute atomic E-state index is 0.104. The van der Waals surface area contributed by atoms with Gasteiger partial charge < -0.3 is 0 Å². The third kappa shape index (κ3) is 4.13. The normalized spacial score (nSPS) is 14.2. The van der Waals surface area contributed by atoms with E-state index >= 15 is 0 Å². The lowest BCUT2D eigenvalue weighted by molar-refractivity contribution is -0.617. The van der Waals surface area contributed by atoms with Gasteiger partial charge in [-0.3, -0.25) is 15.0 Å². The maximum atomic E-state index is 11.1. The van der Waals surface area contributed by atoms with E-state index in [9.17, 15) is 10.1 Å². The Hall–Kier alpha value is -2.09. The number of thiazole rings is 1. The van der Waals surface area contributed by atoms with E-state index < -0.39 is 0 Å². The minimum atomic E-state index is -0.359. The van der Waals surface area contributed by atoms with E-state index in [0.717, 1.165) is 34.4 Å². The van der Waals surface area contributed by atoms with Crippen LogP contribution in [-0.2, 0) is 0 Å². The summed E-state index contributed by atoms with van der Waals surface area (Å²) in [5, 5.41) is 14.1. The molecule has 0 spiro atoms. The number of hydrogen-bond acceptors (Lipinski definition) is 5. The van der Waals surface area contributed by atoms with Gasteiger partial charge in [-0.2, -0.15) is 4.57 Å². The van der Waals surface area contributed by atoms with Gasteiger partial charge in [-0.05, 0) is 66.7 Å². The van der Waals surface area contributed by atoms with Gasteiger partial charge in [0.05, 0.1) is 22.9 Å². The summed E-state index contributed by atoms with van der Waals surface area (Å²) in [5.74, 6) is 0. The molecule has 1 aliphatic rings. The Kier molecular flexibility index (Phi) is 6.08. The number of hydrogen-bond donors (Lipinski definition) is 0. The maximum Gasteiger partial charge on any atom is 0.342 e. The first-order valence-corrected chi connectivity index (χ1v) is 11.9. The summed E-state index contributed by atoms with van der Waals surface area (Å²) < 4.78 is 2.24. The van der Waals surface area contributed by atoms with Gasteiger partial charge in [0.1, 0.15) is 5.69 Å². The molecule has 0 radical (unpaired) electrons. The van der Waals surface area contributed by atoms with Crippen LogP contribution in [0.1, 0.15) is 19.3 Å². The zero-order valence-electron chi connectivity index (χ0n) is 16.0. The van der Waals surface area contributed by atoms with E-state index in [1.807, 2.05) is 36.4 Å². The molecule has 0 unspecified atom stereocenters. The molecule has 0 N–H and O–H groups in total. The van der Waals surface area contributed by atoms with Gasteiger partial charge in [-0.25, -0.2) is 0 Å². The van der Waals surface area contributed by atoms with Gasteiger partial charge >= 0.3 is 5.13 Å². The predicted octanol–water partition coefficient (Wildman–Crippen LogP) is 5.97. The van der Waals surface area contributed by atoms with Crippen molar-refractivity contribution in [3.8, 4) is 16.1 Å². The summed E-state index contributed by atoms with van der Waals surface area (Å²) in [6.45, 7) is 2.06. The average molecular weight is 447 g/mol. The number of anilines is 1. The van der Waals surface area contributed by atoms with Crippen molar-refractivity contribution in [3.63, 3.8) is 0 Å². The lowest BCUT2D eigenvalue weighted by atomic mass is 10.1. The fraction of sp³-hybridized carbons (Fsp3) is 0.286. The highest BCUT2D eigenvalue weighted by atomic mass is 35.5. The fourth-order valence-corrected chi connectivity index (χ4v) is 6.03. The molecular weight excluding hydrogens is 426 g/mol. The Balaban J connectivity index is 1.88. The molecular formula is C21H21ClN3O2S2+. The molecule has 1 aliphatic heterocycles. The zero-order valence-corrected chi connectivity index (χ0v) is 18.4. The summed E-state index contributed by atoms with van der Waals surface area (Å²) in [6.07, 6.45) is 5.70. The summed E-state index contributed by atoms with van der Waals surface area (Å²) in [5.41, 5.74) is 2.17. The number of non-ortho nitro benzene ring substituents is 1. The van der Waals surface area contributed by atoms with E-state index in [4.69, 9.17) is 11.6 Å². The summed E-state index contributed by atoms with van der Waals surface area (Å²) in [6, 6.07) is 14.8. The Morgan fingerprint density at radius 1 is 1.07 bits per heavy atom. The van der Waals surface area contributed by atoms with Crippen LogP contribution in [0.25, 0.3) is 16.1 Å². The topological polar surface area (TPSA) is 50.3 Å². The Morgan fingerprint density at radius 2 is 1.72 bits per heavy atom. The second-order valence-electron chi connectivity index (χ2n) is 6.89. The number of nitrogens with zero attached hydrogens (tertiary/aromatic N) is 3. The number of thioether (sulfide) groups is 1. The fourth-order valence-electron chi connectivity index (χ4n) is 3.58. The van der Waals surface area contributed by atoms with Crippen molar-refractivity contribution in [1.29, 1.82) is 0 Å². The molecule has 2 aromatic carbocycles. The largest absolute Gasteiger partial charge is 0.342 e. The molecule has 1 aromatic heterocycles. The lowest BCUT2D eigenvalue weighted by Gasteiger charge is -2.21. The minimum Gasteiger partial charge on any atom is -0.258 e. The summed E-state index contributed by atoms with van der Waals surface area (Å²) in [4.78, 5) is 14.3. The highest BCUT2D eigenvalue weighted by molar-refractivity contribution is 7.98. The highest BCUT2D eigenvalue weighted by Gasteiger charge is 2.31. The number of nitro groups is 1. The van der Waals surface area contributed by atoms with Gasteiger partial charge in [0, 0.05) is 17.2 Å². The molecule has 29 heavy (non-hydrogen) atoms. The van der Waals surface area contributed by atoms with Crippen LogP contribution in [0.2, 0.25) is 5.02 Å². The molecule has 0 saturated carbocycles. The maximum absolute atomic E-state index is 11.1. The molecule has 150 valence electrons. The van der Waals surface area contributed by atoms with Crippen molar-refractivity contribution in [2.24, 2.45) is 0 Å². The molecule has 2 heterocycles. The predicted molar refractivity (Wildman–Crippen MR) is 121 cm³/mol. The number of halogens is 1. The molecule has 0 amide bonds. The van der Waals surface area contributed by atoms with Crippen LogP contribution < -0.4 is 9.47 Å². The van der Waals surface area contributed by atoms with Crippen LogP contribution in [0.3, 0.4) is 0 Å². The quantitative estimate of drug-likeness (QED) is 0.210. The van der Waals surface area contributed by atoms with Crippen LogP contribution in [0.4, 0.5) is 10.8 Å². The molecule has 1 saturated heterocycles.